The van der Waals surface area contributed by atoms with Gasteiger partial charge in [0.2, 0.25) is 0 Å². The van der Waals surface area contributed by atoms with E-state index in [4.69, 9.17) is 16.0 Å². The molecule has 0 radical (unpaired) electrons. The van der Waals surface area contributed by atoms with Gasteiger partial charge in [0.1, 0.15) is 12.1 Å². The van der Waals surface area contributed by atoms with Crippen LogP contribution in [0.1, 0.15) is 62.0 Å². The van der Waals surface area contributed by atoms with Crippen LogP contribution in [0.15, 0.2) is 42.5 Å². The Morgan fingerprint density at radius 2 is 1.62 bits per heavy atom. The summed E-state index contributed by atoms with van der Waals surface area (Å²) >= 11 is 20.2. The van der Waals surface area contributed by atoms with Crippen LogP contribution in [0.3, 0.4) is 0 Å². The second kappa shape index (κ2) is 15.0. The predicted molar refractivity (Wildman–Crippen MR) is 166 cm³/mol. The van der Waals surface area contributed by atoms with E-state index in [1.54, 1.807) is 24.3 Å². The summed E-state index contributed by atoms with van der Waals surface area (Å²) in [5.74, 6) is -0.168. The van der Waals surface area contributed by atoms with Crippen molar-refractivity contribution >= 4 is 76.1 Å². The number of nitrogens with one attached hydrogen (secondary N) is 1. The van der Waals surface area contributed by atoms with Crippen molar-refractivity contribution in [2.75, 3.05) is 5.32 Å². The summed E-state index contributed by atoms with van der Waals surface area (Å²) in [6.07, 6.45) is -0.199. The summed E-state index contributed by atoms with van der Waals surface area (Å²) in [4.78, 5) is 26.0. The van der Waals surface area contributed by atoms with Gasteiger partial charge in [-0.05, 0) is 83.4 Å². The fourth-order valence-corrected chi connectivity index (χ4v) is 5.05. The van der Waals surface area contributed by atoms with Crippen molar-refractivity contribution in [1.82, 2.24) is 0 Å². The molecule has 0 unspecified atom stereocenters. The third-order valence-electron chi connectivity index (χ3n) is 6.62. The molecule has 0 aromatic heterocycles. The quantitative estimate of drug-likeness (QED) is 0.156. The van der Waals surface area contributed by atoms with E-state index in [1.165, 1.54) is 0 Å². The molecule has 6 nitrogen and oxygen atoms in total. The number of carbonyl (C=O) groups is 2. The van der Waals surface area contributed by atoms with Crippen LogP contribution in [-0.4, -0.2) is 32.0 Å². The Balaban J connectivity index is 0.00000139. The van der Waals surface area contributed by atoms with Gasteiger partial charge in [0.15, 0.2) is 19.9 Å². The summed E-state index contributed by atoms with van der Waals surface area (Å²) in [5, 5.41) is 9.69. The van der Waals surface area contributed by atoms with Crippen molar-refractivity contribution in [3.05, 3.63) is 64.2 Å². The zero-order valence-electron chi connectivity index (χ0n) is 23.1. The van der Waals surface area contributed by atoms with Crippen molar-refractivity contribution in [2.24, 2.45) is 0 Å². The average molecular weight is 652 g/mol. The molecule has 0 saturated carbocycles. The third-order valence-corrected chi connectivity index (χ3v) is 11.7. The highest BCUT2D eigenvalue weighted by Crippen LogP contribution is 2.61. The maximum Gasteiger partial charge on any atom is 0.339 e. The summed E-state index contributed by atoms with van der Waals surface area (Å²) < 4.78 is 16.1. The fraction of sp³-hybridized carbons (Fsp3) is 0.444. The van der Waals surface area contributed by atoms with Crippen molar-refractivity contribution in [1.29, 1.82) is 5.26 Å². The Morgan fingerprint density at radius 3 is 2.10 bits per heavy atom. The van der Waals surface area contributed by atoms with Crippen LogP contribution in [0.2, 0.25) is 23.2 Å². The molecule has 0 bridgehead atoms. The van der Waals surface area contributed by atoms with Gasteiger partial charge < -0.3 is 9.74 Å². The maximum absolute atomic E-state index is 13.4. The fourth-order valence-electron chi connectivity index (χ4n) is 3.43. The van der Waals surface area contributed by atoms with E-state index in [0.717, 1.165) is 0 Å². The molecule has 0 aliphatic heterocycles. The molecule has 2 rings (SSSR count). The molecule has 0 fully saturated rings. The lowest BCUT2D eigenvalue weighted by Crippen LogP contribution is -2.50. The zero-order chi connectivity index (χ0) is 30.2. The van der Waals surface area contributed by atoms with Crippen LogP contribution in [-0.2, 0) is 13.8 Å². The Labute approximate surface area is 252 Å². The van der Waals surface area contributed by atoms with Gasteiger partial charge in [-0.25, -0.2) is 0 Å². The summed E-state index contributed by atoms with van der Waals surface area (Å²) in [7, 11) is -2.16. The Bertz CT molecular complexity index is 1230. The molecule has 0 aliphatic carbocycles. The first-order valence-electron chi connectivity index (χ1n) is 12.2. The summed E-state index contributed by atoms with van der Waals surface area (Å²) in [5.41, 5.74) is 2.34. The van der Waals surface area contributed by atoms with Gasteiger partial charge in [-0.3, -0.25) is 14.2 Å². The first-order chi connectivity index (χ1) is 17.8. The minimum absolute atomic E-state index is 0.0220. The van der Waals surface area contributed by atoms with Crippen molar-refractivity contribution in [3.63, 3.8) is 0 Å². The maximum atomic E-state index is 13.4. The number of halogens is 4. The molecule has 12 heteroatoms. The number of benzene rings is 2. The number of anilines is 1. The molecule has 1 N–H and O–H groups in total. The normalized spacial score (nSPS) is 13.4. The second-order valence-corrected chi connectivity index (χ2v) is 22.3. The van der Waals surface area contributed by atoms with Gasteiger partial charge in [0.25, 0.3) is 0 Å². The predicted octanol–water partition coefficient (Wildman–Crippen LogP) is 9.75. The average Bonchev–Trinajstić information content (AvgIpc) is 2.81. The standard InChI is InChI=1S/C27H35ClN2O3Si.Cl3OP/c1-18-22(14-13-21(17-29)25(18)28)30-26(19(2)33-34(6,7)27(3,4)5)24(32)16-15-23(31)20-11-9-8-10-12-20;1-5(2,3)4/h8-14,19,26,30H,15-16H2,1-7H3;/t19-,26+;/m0./s1. The lowest BCUT2D eigenvalue weighted by atomic mass is 9.98. The first kappa shape index (κ1) is 35.7. The minimum atomic E-state index is -3.22. The number of hydrogen-bond donors (Lipinski definition) is 1. The molecule has 2 aromatic carbocycles. The molecule has 0 saturated heterocycles. The Hall–Kier alpha value is -1.36. The topological polar surface area (TPSA) is 96.3 Å². The van der Waals surface area contributed by atoms with E-state index in [0.29, 0.717) is 27.4 Å². The zero-order valence-corrected chi connectivity index (χ0v) is 28.1. The molecular weight excluding hydrogens is 617 g/mol. The molecule has 0 spiro atoms. The lowest BCUT2D eigenvalue weighted by Gasteiger charge is -2.40. The monoisotopic (exact) mass is 650 g/mol. The largest absolute Gasteiger partial charge is 0.412 e. The molecule has 2 atom stereocenters. The van der Waals surface area contributed by atoms with Gasteiger partial charge in [-0.1, -0.05) is 62.7 Å². The number of rotatable bonds is 10. The second-order valence-electron chi connectivity index (χ2n) is 10.6. The Kier molecular flexibility index (Phi) is 13.7. The van der Waals surface area contributed by atoms with Crippen molar-refractivity contribution in [3.8, 4) is 6.07 Å². The van der Waals surface area contributed by atoms with Gasteiger partial charge >= 0.3 is 5.20 Å². The number of nitriles is 1. The van der Waals surface area contributed by atoms with E-state index in [-0.39, 0.29) is 29.4 Å². The van der Waals surface area contributed by atoms with Gasteiger partial charge in [-0.15, -0.1) is 0 Å². The van der Waals surface area contributed by atoms with E-state index in [9.17, 15) is 19.4 Å². The summed E-state index contributed by atoms with van der Waals surface area (Å²) in [6, 6.07) is 13.8. The molecule has 2 aromatic rings. The van der Waals surface area contributed by atoms with Crippen LogP contribution >= 0.6 is 50.5 Å². The molecule has 0 heterocycles. The Morgan fingerprint density at radius 1 is 1.08 bits per heavy atom. The highest BCUT2D eigenvalue weighted by molar-refractivity contribution is 8.24. The SMILES string of the molecule is Cc1c(N[C@@H](C(=O)CCC(=O)c2ccccc2)[C@H](C)O[Si](C)(C)C(C)(C)C)ccc(C#N)c1Cl.O=P(Cl)(Cl)Cl. The van der Waals surface area contributed by atoms with Gasteiger partial charge in [-0.2, -0.15) is 5.26 Å². The number of nitrogens with zero attached hydrogens (tertiary/aromatic N) is 1. The number of carbonyl (C=O) groups excluding carboxylic acids is 2. The van der Waals surface area contributed by atoms with E-state index in [1.807, 2.05) is 32.0 Å². The highest BCUT2D eigenvalue weighted by atomic mass is 36.0. The van der Waals surface area contributed by atoms with Crippen LogP contribution < -0.4 is 5.32 Å². The smallest absolute Gasteiger partial charge is 0.339 e. The number of ketones is 2. The molecule has 39 heavy (non-hydrogen) atoms. The lowest BCUT2D eigenvalue weighted by molar-refractivity contribution is -0.121. The summed E-state index contributed by atoms with van der Waals surface area (Å²) in [6.45, 7) is 14.5. The minimum Gasteiger partial charge on any atom is -0.412 e. The third kappa shape index (κ3) is 12.0. The van der Waals surface area contributed by atoms with Crippen LogP contribution in [0, 0.1) is 18.3 Å². The van der Waals surface area contributed by atoms with E-state index < -0.39 is 25.7 Å². The number of Topliss-reactive ketones (excluding diaryl/α,β-unsaturated/α-hetero) is 2. The first-order valence-corrected chi connectivity index (χ1v) is 19.9. The van der Waals surface area contributed by atoms with Crippen molar-refractivity contribution in [2.45, 2.75) is 77.7 Å². The van der Waals surface area contributed by atoms with Crippen LogP contribution in [0.4, 0.5) is 5.69 Å². The number of hydrogen-bond acceptors (Lipinski definition) is 6. The van der Waals surface area contributed by atoms with Gasteiger partial charge in [0.05, 0.1) is 16.7 Å². The van der Waals surface area contributed by atoms with E-state index >= 15 is 0 Å². The van der Waals surface area contributed by atoms with Gasteiger partial charge in [0, 0.05) is 24.1 Å². The van der Waals surface area contributed by atoms with Crippen LogP contribution in [0.5, 0.6) is 0 Å². The molecule has 0 amide bonds. The van der Waals surface area contributed by atoms with E-state index in [2.05, 4.69) is 79.0 Å². The molecular formula is C27H35Cl4N2O4PSi. The molecule has 214 valence electrons. The van der Waals surface area contributed by atoms with Crippen LogP contribution in [0.25, 0.3) is 0 Å². The molecule has 0 aliphatic rings. The highest BCUT2D eigenvalue weighted by Gasteiger charge is 2.41. The van der Waals surface area contributed by atoms with Crippen molar-refractivity contribution < 1.29 is 18.6 Å².